The summed E-state index contributed by atoms with van der Waals surface area (Å²) in [5.41, 5.74) is 2.26. The van der Waals surface area contributed by atoms with Gasteiger partial charge in [0.25, 0.3) is 0 Å². The molecule has 1 fully saturated rings. The number of hydrogen-bond donors (Lipinski definition) is 1. The van der Waals surface area contributed by atoms with Gasteiger partial charge in [-0.25, -0.2) is 9.97 Å². The number of aromatic nitrogens is 2. The predicted octanol–water partition coefficient (Wildman–Crippen LogP) is 4.13. The van der Waals surface area contributed by atoms with Crippen LogP contribution >= 0.6 is 11.3 Å². The quantitative estimate of drug-likeness (QED) is 0.910. The molecule has 0 atom stereocenters. The van der Waals surface area contributed by atoms with Crippen molar-refractivity contribution in [1.82, 2.24) is 9.97 Å². The van der Waals surface area contributed by atoms with Gasteiger partial charge < -0.3 is 5.32 Å². The molecule has 0 radical (unpaired) electrons. The third kappa shape index (κ3) is 2.50. The van der Waals surface area contributed by atoms with Gasteiger partial charge in [-0.15, -0.1) is 11.3 Å². The molecule has 0 spiro atoms. The number of rotatable bonds is 4. The monoisotopic (exact) mass is 273 g/mol. The van der Waals surface area contributed by atoms with Crippen molar-refractivity contribution in [2.75, 3.05) is 11.9 Å². The molecule has 2 aromatic heterocycles. The Balaban J connectivity index is 2.10. The van der Waals surface area contributed by atoms with Gasteiger partial charge in [-0.05, 0) is 45.7 Å². The first kappa shape index (κ1) is 12.6. The summed E-state index contributed by atoms with van der Waals surface area (Å²) in [7, 11) is 0. The van der Waals surface area contributed by atoms with Crippen molar-refractivity contribution in [2.45, 2.75) is 39.5 Å². The van der Waals surface area contributed by atoms with E-state index in [-0.39, 0.29) is 0 Å². The molecule has 0 amide bonds. The first-order chi connectivity index (χ1) is 9.19. The Morgan fingerprint density at radius 3 is 2.63 bits per heavy atom. The van der Waals surface area contributed by atoms with Gasteiger partial charge in [0.15, 0.2) is 0 Å². The van der Waals surface area contributed by atoms with Crippen LogP contribution in [0.4, 0.5) is 5.82 Å². The molecule has 3 rings (SSSR count). The second-order valence-electron chi connectivity index (χ2n) is 5.12. The topological polar surface area (TPSA) is 37.8 Å². The lowest BCUT2D eigenvalue weighted by Gasteiger charge is -2.12. The molecule has 1 aliphatic carbocycles. The van der Waals surface area contributed by atoms with Crippen molar-refractivity contribution in [3.05, 3.63) is 28.4 Å². The van der Waals surface area contributed by atoms with E-state index in [9.17, 15) is 0 Å². The molecule has 4 heteroatoms. The van der Waals surface area contributed by atoms with Crippen LogP contribution in [-0.2, 0) is 0 Å². The molecule has 3 nitrogen and oxygen atoms in total. The molecule has 1 saturated carbocycles. The average molecular weight is 273 g/mol. The van der Waals surface area contributed by atoms with Gasteiger partial charge in [0.2, 0.25) is 0 Å². The van der Waals surface area contributed by atoms with Gasteiger partial charge in [0.1, 0.15) is 11.6 Å². The van der Waals surface area contributed by atoms with E-state index in [0.29, 0.717) is 5.92 Å². The molecule has 0 unspecified atom stereocenters. The molecule has 0 aliphatic heterocycles. The second kappa shape index (κ2) is 4.93. The Labute approximate surface area is 118 Å². The highest BCUT2D eigenvalue weighted by atomic mass is 32.1. The zero-order valence-corrected chi connectivity index (χ0v) is 12.5. The normalized spacial score (nSPS) is 14.7. The summed E-state index contributed by atoms with van der Waals surface area (Å²) in [6.07, 6.45) is 2.47. The summed E-state index contributed by atoms with van der Waals surface area (Å²) < 4.78 is 0. The lowest BCUT2D eigenvalue weighted by molar-refractivity contribution is 0.919. The summed E-state index contributed by atoms with van der Waals surface area (Å²) in [6.45, 7) is 7.24. The van der Waals surface area contributed by atoms with Crippen LogP contribution in [0.25, 0.3) is 10.6 Å². The van der Waals surface area contributed by atoms with Crippen LogP contribution in [0.5, 0.6) is 0 Å². The molecular formula is C15H19N3S. The van der Waals surface area contributed by atoms with Gasteiger partial charge in [0, 0.05) is 22.9 Å². The largest absolute Gasteiger partial charge is 0.370 e. The first-order valence-electron chi connectivity index (χ1n) is 6.88. The zero-order valence-electron chi connectivity index (χ0n) is 11.7. The summed E-state index contributed by atoms with van der Waals surface area (Å²) in [6, 6.07) is 4.33. The lowest BCUT2D eigenvalue weighted by Crippen LogP contribution is -2.07. The minimum atomic E-state index is 0.581. The van der Waals surface area contributed by atoms with Gasteiger partial charge in [-0.2, -0.15) is 0 Å². The molecular weight excluding hydrogens is 254 g/mol. The van der Waals surface area contributed by atoms with E-state index in [1.54, 1.807) is 11.3 Å². The van der Waals surface area contributed by atoms with Crippen LogP contribution in [-0.4, -0.2) is 16.5 Å². The number of nitrogens with zero attached hydrogens (tertiary/aromatic N) is 2. The Hall–Kier alpha value is -1.42. The molecule has 100 valence electrons. The van der Waals surface area contributed by atoms with E-state index < -0.39 is 0 Å². The Morgan fingerprint density at radius 1 is 1.26 bits per heavy atom. The number of nitrogens with one attached hydrogen (secondary N) is 1. The predicted molar refractivity (Wildman–Crippen MR) is 81.0 cm³/mol. The number of hydrogen-bond acceptors (Lipinski definition) is 4. The van der Waals surface area contributed by atoms with Crippen molar-refractivity contribution in [3.8, 4) is 10.6 Å². The molecule has 0 bridgehead atoms. The minimum Gasteiger partial charge on any atom is -0.370 e. The highest BCUT2D eigenvalue weighted by Crippen LogP contribution is 2.40. The fraction of sp³-hybridized carbons (Fsp3) is 0.467. The Bertz CT molecular complexity index is 599. The van der Waals surface area contributed by atoms with Crippen LogP contribution in [0.2, 0.25) is 0 Å². The van der Waals surface area contributed by atoms with E-state index in [4.69, 9.17) is 9.97 Å². The maximum atomic E-state index is 4.82. The fourth-order valence-corrected chi connectivity index (χ4v) is 3.11. The maximum Gasteiger partial charge on any atom is 0.134 e. The Kier molecular flexibility index (Phi) is 3.27. The summed E-state index contributed by atoms with van der Waals surface area (Å²) in [5.74, 6) is 2.60. The van der Waals surface area contributed by atoms with Crippen molar-refractivity contribution in [3.63, 3.8) is 0 Å². The third-order valence-electron chi connectivity index (χ3n) is 3.42. The minimum absolute atomic E-state index is 0.581. The van der Waals surface area contributed by atoms with Crippen LogP contribution in [0.1, 0.15) is 41.9 Å². The molecule has 2 aromatic rings. The number of thiophene rings is 1. The Morgan fingerprint density at radius 2 is 2.05 bits per heavy atom. The number of anilines is 1. The molecule has 1 N–H and O–H groups in total. The van der Waals surface area contributed by atoms with Crippen molar-refractivity contribution >= 4 is 17.2 Å². The van der Waals surface area contributed by atoms with Crippen LogP contribution in [0.15, 0.2) is 12.1 Å². The molecule has 0 aromatic carbocycles. The van der Waals surface area contributed by atoms with Gasteiger partial charge in [-0.3, -0.25) is 0 Å². The zero-order chi connectivity index (χ0) is 13.4. The summed E-state index contributed by atoms with van der Waals surface area (Å²) >= 11 is 1.80. The second-order valence-corrected chi connectivity index (χ2v) is 6.41. The smallest absolute Gasteiger partial charge is 0.134 e. The van der Waals surface area contributed by atoms with Gasteiger partial charge >= 0.3 is 0 Å². The first-order valence-corrected chi connectivity index (χ1v) is 7.70. The molecule has 2 heterocycles. The highest BCUT2D eigenvalue weighted by molar-refractivity contribution is 7.15. The van der Waals surface area contributed by atoms with Crippen molar-refractivity contribution in [2.24, 2.45) is 0 Å². The molecule has 1 aliphatic rings. The molecule has 0 saturated heterocycles. The standard InChI is InChI=1S/C15H19N3S/c1-4-16-14-10(3)13(12-8-5-9(2)19-12)17-15(18-14)11-6-7-11/h5,8,11H,4,6-7H2,1-3H3,(H,16,17,18). The van der Waals surface area contributed by atoms with Gasteiger partial charge in [-0.1, -0.05) is 0 Å². The van der Waals surface area contributed by atoms with Crippen LogP contribution < -0.4 is 5.32 Å². The lowest BCUT2D eigenvalue weighted by atomic mass is 10.2. The number of aryl methyl sites for hydroxylation is 1. The van der Waals surface area contributed by atoms with Gasteiger partial charge in [0.05, 0.1) is 10.6 Å². The van der Waals surface area contributed by atoms with E-state index in [2.05, 4.69) is 38.2 Å². The van der Waals surface area contributed by atoms with E-state index in [0.717, 1.165) is 29.4 Å². The third-order valence-corrected chi connectivity index (χ3v) is 4.43. The molecule has 19 heavy (non-hydrogen) atoms. The fourth-order valence-electron chi connectivity index (χ4n) is 2.20. The SMILES string of the molecule is CCNc1nc(C2CC2)nc(-c2ccc(C)s2)c1C. The average Bonchev–Trinajstić information content (AvgIpc) is 3.15. The van der Waals surface area contributed by atoms with Crippen LogP contribution in [0.3, 0.4) is 0 Å². The van der Waals surface area contributed by atoms with E-state index in [1.165, 1.54) is 22.6 Å². The highest BCUT2D eigenvalue weighted by Gasteiger charge is 2.28. The summed E-state index contributed by atoms with van der Waals surface area (Å²) in [5, 5.41) is 3.37. The van der Waals surface area contributed by atoms with Crippen molar-refractivity contribution < 1.29 is 0 Å². The van der Waals surface area contributed by atoms with Crippen molar-refractivity contribution in [1.29, 1.82) is 0 Å². The van der Waals surface area contributed by atoms with Crippen LogP contribution in [0, 0.1) is 13.8 Å². The maximum absolute atomic E-state index is 4.82. The van der Waals surface area contributed by atoms with E-state index in [1.807, 2.05) is 0 Å². The van der Waals surface area contributed by atoms with E-state index >= 15 is 0 Å². The summed E-state index contributed by atoms with van der Waals surface area (Å²) in [4.78, 5) is 12.1.